The number of hydrogen-bond donors (Lipinski definition) is 0. The van der Waals surface area contributed by atoms with Crippen molar-refractivity contribution in [2.24, 2.45) is 0 Å². The van der Waals surface area contributed by atoms with Gasteiger partial charge in [-0.3, -0.25) is 0 Å². The van der Waals surface area contributed by atoms with Crippen LogP contribution in [0.2, 0.25) is 0 Å². The second-order valence-corrected chi connectivity index (χ2v) is 6.59. The minimum absolute atomic E-state index is 0.0601. The Balaban J connectivity index is 2.58. The van der Waals surface area contributed by atoms with Crippen LogP contribution < -0.4 is 0 Å². The van der Waals surface area contributed by atoms with Crippen LogP contribution >= 0.6 is 0 Å². The van der Waals surface area contributed by atoms with Crippen molar-refractivity contribution >= 4 is 16.0 Å². The summed E-state index contributed by atoms with van der Waals surface area (Å²) < 4.78 is 36.0. The molecule has 6 nitrogen and oxygen atoms in total. The quantitative estimate of drug-likeness (QED) is 0.786. The summed E-state index contributed by atoms with van der Waals surface area (Å²) in [6.45, 7) is 2.06. The number of aromatic nitrogens is 1. The van der Waals surface area contributed by atoms with Gasteiger partial charge in [-0.25, -0.2) is 17.2 Å². The molecule has 1 aromatic heterocycles. The molecule has 0 aliphatic carbocycles. The standard InChI is InChI=1S/C15H17NO5S/c1-11-4-6-13(7-5-11)22(18,19)16-9-12(10-20-2)8-14(16)15(17)21-3/h4-9H,10H2,1-3H3. The minimum atomic E-state index is -3.88. The van der Waals surface area contributed by atoms with Crippen LogP contribution in [0.5, 0.6) is 0 Å². The van der Waals surface area contributed by atoms with Gasteiger partial charge in [-0.05, 0) is 30.7 Å². The van der Waals surface area contributed by atoms with Crippen molar-refractivity contribution in [3.05, 3.63) is 53.3 Å². The molecule has 118 valence electrons. The Morgan fingerprint density at radius 2 is 1.82 bits per heavy atom. The normalized spacial score (nSPS) is 11.4. The number of esters is 1. The van der Waals surface area contributed by atoms with Gasteiger partial charge in [0.05, 0.1) is 18.6 Å². The summed E-state index contributed by atoms with van der Waals surface area (Å²) in [6.07, 6.45) is 1.37. The lowest BCUT2D eigenvalue weighted by Gasteiger charge is -2.09. The highest BCUT2D eigenvalue weighted by Crippen LogP contribution is 2.20. The molecule has 1 heterocycles. The first-order chi connectivity index (χ1) is 10.4. The van der Waals surface area contributed by atoms with Crippen LogP contribution in [-0.2, 0) is 26.1 Å². The molecule has 22 heavy (non-hydrogen) atoms. The van der Waals surface area contributed by atoms with E-state index < -0.39 is 16.0 Å². The van der Waals surface area contributed by atoms with Crippen LogP contribution in [0.3, 0.4) is 0 Å². The van der Waals surface area contributed by atoms with Gasteiger partial charge in [0.2, 0.25) is 0 Å². The molecule has 0 radical (unpaired) electrons. The maximum absolute atomic E-state index is 12.7. The lowest BCUT2D eigenvalue weighted by molar-refractivity contribution is 0.0592. The van der Waals surface area contributed by atoms with Crippen molar-refractivity contribution in [1.82, 2.24) is 3.97 Å². The third-order valence-electron chi connectivity index (χ3n) is 3.13. The average molecular weight is 323 g/mol. The molecule has 0 aliphatic rings. The number of hydrogen-bond acceptors (Lipinski definition) is 5. The van der Waals surface area contributed by atoms with Gasteiger partial charge in [0, 0.05) is 13.3 Å². The van der Waals surface area contributed by atoms with Gasteiger partial charge < -0.3 is 9.47 Å². The molecule has 0 aliphatic heterocycles. The average Bonchev–Trinajstić information content (AvgIpc) is 2.92. The fourth-order valence-corrected chi connectivity index (χ4v) is 3.39. The van der Waals surface area contributed by atoms with Gasteiger partial charge in [0.1, 0.15) is 5.69 Å². The van der Waals surface area contributed by atoms with Crippen LogP contribution in [0.15, 0.2) is 41.4 Å². The molecule has 7 heteroatoms. The Morgan fingerprint density at radius 1 is 1.18 bits per heavy atom. The predicted molar refractivity (Wildman–Crippen MR) is 80.2 cm³/mol. The largest absolute Gasteiger partial charge is 0.464 e. The van der Waals surface area contributed by atoms with Crippen LogP contribution in [0.4, 0.5) is 0 Å². The van der Waals surface area contributed by atoms with Gasteiger partial charge in [-0.2, -0.15) is 0 Å². The van der Waals surface area contributed by atoms with Gasteiger partial charge in [-0.15, -0.1) is 0 Å². The van der Waals surface area contributed by atoms with Gasteiger partial charge in [-0.1, -0.05) is 17.7 Å². The third kappa shape index (κ3) is 3.05. The number of methoxy groups -OCH3 is 2. The highest BCUT2D eigenvalue weighted by atomic mass is 32.2. The molecule has 0 N–H and O–H groups in total. The van der Waals surface area contributed by atoms with Gasteiger partial charge in [0.15, 0.2) is 0 Å². The summed E-state index contributed by atoms with van der Waals surface area (Å²) >= 11 is 0. The number of nitrogens with zero attached hydrogens (tertiary/aromatic N) is 1. The number of carbonyl (C=O) groups excluding carboxylic acids is 1. The van der Waals surface area contributed by atoms with Crippen LogP contribution in [0.1, 0.15) is 21.6 Å². The Morgan fingerprint density at radius 3 is 2.36 bits per heavy atom. The van der Waals surface area contributed by atoms with Gasteiger partial charge >= 0.3 is 5.97 Å². The highest BCUT2D eigenvalue weighted by molar-refractivity contribution is 7.90. The Hall–Kier alpha value is -2.12. The van der Waals surface area contributed by atoms with E-state index in [1.807, 2.05) is 6.92 Å². The van der Waals surface area contributed by atoms with E-state index in [9.17, 15) is 13.2 Å². The molecule has 0 atom stereocenters. The molecule has 0 saturated carbocycles. The molecule has 0 spiro atoms. The smallest absolute Gasteiger partial charge is 0.355 e. The van der Waals surface area contributed by atoms with E-state index in [1.165, 1.54) is 38.6 Å². The fraction of sp³-hybridized carbons (Fsp3) is 0.267. The zero-order valence-corrected chi connectivity index (χ0v) is 13.4. The Labute approximate surface area is 129 Å². The summed E-state index contributed by atoms with van der Waals surface area (Å²) in [5.74, 6) is -0.724. The molecule has 2 rings (SSSR count). The number of ether oxygens (including phenoxy) is 2. The molecular formula is C15H17NO5S. The summed E-state index contributed by atoms with van der Waals surface area (Å²) in [6, 6.07) is 7.85. The van der Waals surface area contributed by atoms with E-state index in [0.29, 0.717) is 5.56 Å². The van der Waals surface area contributed by atoms with Crippen LogP contribution in [0, 0.1) is 6.92 Å². The number of benzene rings is 1. The number of aryl methyl sites for hydroxylation is 1. The number of carbonyl (C=O) groups is 1. The van der Waals surface area contributed by atoms with Crippen molar-refractivity contribution in [3.63, 3.8) is 0 Å². The summed E-state index contributed by atoms with van der Waals surface area (Å²) in [5.41, 5.74) is 1.45. The van der Waals surface area contributed by atoms with Crippen molar-refractivity contribution in [2.45, 2.75) is 18.4 Å². The lowest BCUT2D eigenvalue weighted by atomic mass is 10.2. The molecule has 1 aromatic carbocycles. The first kappa shape index (κ1) is 16.3. The molecule has 0 saturated heterocycles. The zero-order valence-electron chi connectivity index (χ0n) is 12.6. The Bertz CT molecular complexity index is 775. The fourth-order valence-electron chi connectivity index (χ4n) is 2.02. The minimum Gasteiger partial charge on any atom is -0.464 e. The highest BCUT2D eigenvalue weighted by Gasteiger charge is 2.24. The number of rotatable bonds is 5. The topological polar surface area (TPSA) is 74.6 Å². The first-order valence-corrected chi connectivity index (χ1v) is 7.95. The summed E-state index contributed by atoms with van der Waals surface area (Å²) in [7, 11) is -1.19. The van der Waals surface area contributed by atoms with Gasteiger partial charge in [0.25, 0.3) is 10.0 Å². The predicted octanol–water partition coefficient (Wildman–Crippen LogP) is 1.97. The zero-order chi connectivity index (χ0) is 16.3. The molecule has 2 aromatic rings. The van der Waals surface area contributed by atoms with Crippen molar-refractivity contribution in [3.8, 4) is 0 Å². The summed E-state index contributed by atoms with van der Waals surface area (Å²) in [4.78, 5) is 11.9. The van der Waals surface area contributed by atoms with E-state index in [2.05, 4.69) is 4.74 Å². The molecule has 0 amide bonds. The van der Waals surface area contributed by atoms with E-state index in [-0.39, 0.29) is 17.2 Å². The summed E-state index contributed by atoms with van der Waals surface area (Å²) in [5, 5.41) is 0. The third-order valence-corrected chi connectivity index (χ3v) is 4.81. The van der Waals surface area contributed by atoms with E-state index in [1.54, 1.807) is 12.1 Å². The molecular weight excluding hydrogens is 306 g/mol. The maximum atomic E-state index is 12.7. The van der Waals surface area contributed by atoms with Crippen molar-refractivity contribution in [1.29, 1.82) is 0 Å². The van der Waals surface area contributed by atoms with E-state index in [4.69, 9.17) is 4.74 Å². The second-order valence-electron chi connectivity index (χ2n) is 4.77. The molecule has 0 bridgehead atoms. The van der Waals surface area contributed by atoms with Crippen LogP contribution in [-0.4, -0.2) is 32.6 Å². The van der Waals surface area contributed by atoms with Crippen LogP contribution in [0.25, 0.3) is 0 Å². The Kier molecular flexibility index (Phi) is 4.68. The SMILES string of the molecule is COCc1cc(C(=O)OC)n(S(=O)(=O)c2ccc(C)cc2)c1. The molecule has 0 fully saturated rings. The maximum Gasteiger partial charge on any atom is 0.355 e. The van der Waals surface area contributed by atoms with Crippen molar-refractivity contribution in [2.75, 3.05) is 14.2 Å². The monoisotopic (exact) mass is 323 g/mol. The first-order valence-electron chi connectivity index (χ1n) is 6.51. The second kappa shape index (κ2) is 6.33. The lowest BCUT2D eigenvalue weighted by Crippen LogP contribution is -2.18. The van der Waals surface area contributed by atoms with E-state index in [0.717, 1.165) is 9.54 Å². The van der Waals surface area contributed by atoms with Crippen molar-refractivity contribution < 1.29 is 22.7 Å². The van der Waals surface area contributed by atoms with E-state index >= 15 is 0 Å². The molecule has 0 unspecified atom stereocenters.